The third kappa shape index (κ3) is 5.30. The zero-order chi connectivity index (χ0) is 19.2. The Hall–Kier alpha value is -1.91. The molecule has 1 N–H and O–H groups in total. The van der Waals surface area contributed by atoms with Crippen molar-refractivity contribution in [3.63, 3.8) is 0 Å². The fourth-order valence-electron chi connectivity index (χ4n) is 3.62. The predicted molar refractivity (Wildman–Crippen MR) is 111 cm³/mol. The van der Waals surface area contributed by atoms with E-state index in [2.05, 4.69) is 60.3 Å². The molecule has 0 radical (unpaired) electrons. The summed E-state index contributed by atoms with van der Waals surface area (Å²) in [7, 11) is 2.15. The highest BCUT2D eigenvalue weighted by atomic mass is 19.1. The van der Waals surface area contributed by atoms with Gasteiger partial charge in [0, 0.05) is 50.0 Å². The number of hydrogen-bond acceptors (Lipinski definition) is 3. The molecule has 27 heavy (non-hydrogen) atoms. The van der Waals surface area contributed by atoms with Crippen molar-refractivity contribution in [3.05, 3.63) is 65.0 Å². The smallest absolute Gasteiger partial charge is 0.129 e. The summed E-state index contributed by atoms with van der Waals surface area (Å²) in [6.45, 7) is 8.71. The number of halogens is 1. The Labute approximate surface area is 163 Å². The molecule has 4 heteroatoms. The van der Waals surface area contributed by atoms with Crippen molar-refractivity contribution in [3.8, 4) is 0 Å². The molecule has 0 aliphatic carbocycles. The lowest BCUT2D eigenvalue weighted by molar-refractivity contribution is 0.266. The monoisotopic (exact) mass is 369 g/mol. The van der Waals surface area contributed by atoms with Gasteiger partial charge in [-0.25, -0.2) is 4.39 Å². The molecule has 1 aliphatic rings. The molecule has 2 aromatic carbocycles. The highest BCUT2D eigenvalue weighted by molar-refractivity contribution is 5.54. The normalized spacial score (nSPS) is 14.5. The largest absolute Gasteiger partial charge is 0.371 e. The van der Waals surface area contributed by atoms with Crippen molar-refractivity contribution in [1.29, 1.82) is 0 Å². The van der Waals surface area contributed by atoms with Crippen LogP contribution in [0.25, 0.3) is 0 Å². The van der Waals surface area contributed by atoms with E-state index >= 15 is 0 Å². The maximum atomic E-state index is 14.4. The SMILES string of the molecule is CC(C)N(C)Cc1cccc(CNCc2c(F)cccc2N2CCCC2)c1. The maximum Gasteiger partial charge on any atom is 0.129 e. The third-order valence-electron chi connectivity index (χ3n) is 5.48. The highest BCUT2D eigenvalue weighted by Crippen LogP contribution is 2.26. The predicted octanol–water partition coefficient (Wildman–Crippen LogP) is 4.56. The molecule has 3 nitrogen and oxygen atoms in total. The summed E-state index contributed by atoms with van der Waals surface area (Å²) < 4.78 is 14.4. The Kier molecular flexibility index (Phi) is 6.86. The molecule has 146 valence electrons. The Morgan fingerprint density at radius 2 is 1.74 bits per heavy atom. The molecule has 0 unspecified atom stereocenters. The third-order valence-corrected chi connectivity index (χ3v) is 5.48. The van der Waals surface area contributed by atoms with E-state index in [9.17, 15) is 4.39 Å². The second-order valence-corrected chi connectivity index (χ2v) is 7.86. The minimum atomic E-state index is -0.112. The van der Waals surface area contributed by atoms with Crippen LogP contribution in [0.2, 0.25) is 0 Å². The van der Waals surface area contributed by atoms with Gasteiger partial charge in [0.15, 0.2) is 0 Å². The van der Waals surface area contributed by atoms with Gasteiger partial charge in [-0.3, -0.25) is 4.90 Å². The highest BCUT2D eigenvalue weighted by Gasteiger charge is 2.17. The van der Waals surface area contributed by atoms with Gasteiger partial charge in [-0.05, 0) is 57.0 Å². The molecule has 0 amide bonds. The summed E-state index contributed by atoms with van der Waals surface area (Å²) in [4.78, 5) is 4.64. The van der Waals surface area contributed by atoms with Crippen LogP contribution in [0.4, 0.5) is 10.1 Å². The Morgan fingerprint density at radius 1 is 1.04 bits per heavy atom. The van der Waals surface area contributed by atoms with Crippen LogP contribution in [0.5, 0.6) is 0 Å². The van der Waals surface area contributed by atoms with Crippen LogP contribution < -0.4 is 10.2 Å². The lowest BCUT2D eigenvalue weighted by atomic mass is 10.1. The minimum absolute atomic E-state index is 0.112. The van der Waals surface area contributed by atoms with E-state index in [4.69, 9.17) is 0 Å². The second kappa shape index (κ2) is 9.34. The quantitative estimate of drug-likeness (QED) is 0.736. The van der Waals surface area contributed by atoms with Gasteiger partial charge < -0.3 is 10.2 Å². The second-order valence-electron chi connectivity index (χ2n) is 7.86. The van der Waals surface area contributed by atoms with Crippen LogP contribution in [-0.2, 0) is 19.6 Å². The van der Waals surface area contributed by atoms with Gasteiger partial charge in [-0.1, -0.05) is 30.3 Å². The zero-order valence-corrected chi connectivity index (χ0v) is 16.8. The molecular weight excluding hydrogens is 337 g/mol. The molecule has 1 saturated heterocycles. The summed E-state index contributed by atoms with van der Waals surface area (Å²) in [5.74, 6) is -0.112. The van der Waals surface area contributed by atoms with Gasteiger partial charge in [-0.2, -0.15) is 0 Å². The lowest BCUT2D eigenvalue weighted by Gasteiger charge is -2.22. The van der Waals surface area contributed by atoms with Gasteiger partial charge in [0.05, 0.1) is 0 Å². The number of nitrogens with one attached hydrogen (secondary N) is 1. The van der Waals surface area contributed by atoms with E-state index in [-0.39, 0.29) is 5.82 Å². The van der Waals surface area contributed by atoms with Crippen molar-refractivity contribution >= 4 is 5.69 Å². The molecule has 0 atom stereocenters. The van der Waals surface area contributed by atoms with Crippen LogP contribution in [0.15, 0.2) is 42.5 Å². The maximum absolute atomic E-state index is 14.4. The molecule has 0 bridgehead atoms. The Bertz CT molecular complexity index is 738. The van der Waals surface area contributed by atoms with E-state index < -0.39 is 0 Å². The molecule has 3 rings (SSSR count). The van der Waals surface area contributed by atoms with E-state index in [1.54, 1.807) is 6.07 Å². The molecule has 0 spiro atoms. The van der Waals surface area contributed by atoms with Crippen LogP contribution >= 0.6 is 0 Å². The van der Waals surface area contributed by atoms with Gasteiger partial charge in [0.2, 0.25) is 0 Å². The van der Waals surface area contributed by atoms with Crippen LogP contribution in [0, 0.1) is 5.82 Å². The molecule has 0 aromatic heterocycles. The minimum Gasteiger partial charge on any atom is -0.371 e. The van der Waals surface area contributed by atoms with E-state index in [0.29, 0.717) is 12.6 Å². The number of benzene rings is 2. The van der Waals surface area contributed by atoms with Gasteiger partial charge in [0.1, 0.15) is 5.82 Å². The first-order chi connectivity index (χ1) is 13.0. The fraction of sp³-hybridized carbons (Fsp3) is 0.478. The average molecular weight is 370 g/mol. The van der Waals surface area contributed by atoms with E-state index in [1.807, 2.05) is 12.1 Å². The molecular formula is C23H32FN3. The van der Waals surface area contributed by atoms with Gasteiger partial charge >= 0.3 is 0 Å². The molecule has 0 saturated carbocycles. The van der Waals surface area contributed by atoms with Crippen molar-refractivity contribution in [1.82, 2.24) is 10.2 Å². The van der Waals surface area contributed by atoms with Crippen LogP contribution in [-0.4, -0.2) is 31.1 Å². The van der Waals surface area contributed by atoms with E-state index in [1.165, 1.54) is 24.0 Å². The number of rotatable bonds is 8. The average Bonchev–Trinajstić information content (AvgIpc) is 3.18. The fourth-order valence-corrected chi connectivity index (χ4v) is 3.62. The summed E-state index contributed by atoms with van der Waals surface area (Å²) in [6.07, 6.45) is 2.39. The molecule has 1 fully saturated rings. The summed E-state index contributed by atoms with van der Waals surface area (Å²) in [5, 5.41) is 3.45. The standard InChI is InChI=1S/C23H32FN3/c1-18(2)26(3)17-20-9-6-8-19(14-20)15-25-16-21-22(24)10-7-11-23(21)27-12-4-5-13-27/h6-11,14,18,25H,4-5,12-13,15-17H2,1-3H3. The Balaban J connectivity index is 1.62. The first-order valence-corrected chi connectivity index (χ1v) is 10.1. The molecule has 2 aromatic rings. The van der Waals surface area contributed by atoms with Gasteiger partial charge in [-0.15, -0.1) is 0 Å². The van der Waals surface area contributed by atoms with Crippen molar-refractivity contribution < 1.29 is 4.39 Å². The van der Waals surface area contributed by atoms with Crippen molar-refractivity contribution in [2.24, 2.45) is 0 Å². The Morgan fingerprint density at radius 3 is 2.48 bits per heavy atom. The number of anilines is 1. The molecule has 1 aliphatic heterocycles. The summed E-state index contributed by atoms with van der Waals surface area (Å²) in [5.41, 5.74) is 4.39. The van der Waals surface area contributed by atoms with E-state index in [0.717, 1.165) is 37.4 Å². The van der Waals surface area contributed by atoms with Crippen LogP contribution in [0.3, 0.4) is 0 Å². The first kappa shape index (κ1) is 19.8. The first-order valence-electron chi connectivity index (χ1n) is 10.1. The molecule has 1 heterocycles. The number of hydrogen-bond donors (Lipinski definition) is 1. The van der Waals surface area contributed by atoms with Gasteiger partial charge in [0.25, 0.3) is 0 Å². The lowest BCUT2D eigenvalue weighted by Crippen LogP contribution is -2.25. The zero-order valence-electron chi connectivity index (χ0n) is 16.8. The van der Waals surface area contributed by atoms with Crippen molar-refractivity contribution in [2.45, 2.75) is 52.4 Å². The summed E-state index contributed by atoms with van der Waals surface area (Å²) in [6, 6.07) is 14.6. The van der Waals surface area contributed by atoms with Crippen LogP contribution in [0.1, 0.15) is 43.4 Å². The van der Waals surface area contributed by atoms with Crippen molar-refractivity contribution in [2.75, 3.05) is 25.0 Å². The topological polar surface area (TPSA) is 18.5 Å². The number of nitrogens with zero attached hydrogens (tertiary/aromatic N) is 2. The summed E-state index contributed by atoms with van der Waals surface area (Å²) >= 11 is 0.